The summed E-state index contributed by atoms with van der Waals surface area (Å²) in [5, 5.41) is 3.47. The zero-order valence-electron chi connectivity index (χ0n) is 9.30. The van der Waals surface area contributed by atoms with Gasteiger partial charge in [0.05, 0.1) is 0 Å². The lowest BCUT2D eigenvalue weighted by molar-refractivity contribution is 0.0234. The summed E-state index contributed by atoms with van der Waals surface area (Å²) < 4.78 is 12.5. The van der Waals surface area contributed by atoms with Crippen LogP contribution in [0.3, 0.4) is 0 Å². The van der Waals surface area contributed by atoms with Gasteiger partial charge in [0.25, 0.3) is 0 Å². The second kappa shape index (κ2) is 6.02. The minimum Gasteiger partial charge on any atom is -0.314 e. The molecule has 1 saturated heterocycles. The third-order valence-electron chi connectivity index (χ3n) is 3.82. The average Bonchev–Trinajstić information content (AvgIpc) is 2.23. The van der Waals surface area contributed by atoms with Crippen molar-refractivity contribution in [2.24, 2.45) is 0 Å². The molecule has 1 heterocycles. The molecule has 2 nitrogen and oxygen atoms in total. The van der Waals surface area contributed by atoms with E-state index < -0.39 is 0 Å². The highest BCUT2D eigenvalue weighted by Gasteiger charge is 2.39. The lowest BCUT2D eigenvalue weighted by Crippen LogP contribution is -2.62. The van der Waals surface area contributed by atoms with E-state index in [-0.39, 0.29) is 19.1 Å². The van der Waals surface area contributed by atoms with E-state index in [9.17, 15) is 4.39 Å². The maximum atomic E-state index is 12.5. The average molecular weight is 237 g/mol. The van der Waals surface area contributed by atoms with Crippen molar-refractivity contribution in [3.05, 3.63) is 0 Å². The molecule has 4 heteroatoms. The van der Waals surface area contributed by atoms with Crippen LogP contribution in [0.15, 0.2) is 0 Å². The molecule has 1 spiro atoms. The SMILES string of the molecule is Cl.FCCN1CCNCC12CCCCC2. The Morgan fingerprint density at radius 1 is 1.20 bits per heavy atom. The molecule has 0 bridgehead atoms. The summed E-state index contributed by atoms with van der Waals surface area (Å²) in [5.41, 5.74) is 0.308. The molecule has 0 amide bonds. The van der Waals surface area contributed by atoms with Crippen LogP contribution in [0.25, 0.3) is 0 Å². The molecule has 0 aromatic heterocycles. The largest absolute Gasteiger partial charge is 0.314 e. The molecule has 15 heavy (non-hydrogen) atoms. The molecule has 2 aliphatic rings. The standard InChI is InChI=1S/C11H21FN2.ClH/c12-6-8-14-9-7-13-10-11(14)4-2-1-3-5-11;/h13H,1-10H2;1H. The molecule has 90 valence electrons. The summed E-state index contributed by atoms with van der Waals surface area (Å²) in [6.07, 6.45) is 6.54. The van der Waals surface area contributed by atoms with E-state index in [0.29, 0.717) is 12.1 Å². The van der Waals surface area contributed by atoms with Gasteiger partial charge in [-0.2, -0.15) is 0 Å². The van der Waals surface area contributed by atoms with E-state index in [2.05, 4.69) is 10.2 Å². The van der Waals surface area contributed by atoms with Crippen LogP contribution in [-0.4, -0.2) is 43.3 Å². The van der Waals surface area contributed by atoms with Crippen molar-refractivity contribution in [3.8, 4) is 0 Å². The molecular formula is C11H22ClFN2. The lowest BCUT2D eigenvalue weighted by atomic mass is 9.79. The number of hydrogen-bond acceptors (Lipinski definition) is 2. The molecular weight excluding hydrogens is 215 g/mol. The monoisotopic (exact) mass is 236 g/mol. The predicted molar refractivity (Wildman–Crippen MR) is 63.5 cm³/mol. The molecule has 1 aliphatic carbocycles. The van der Waals surface area contributed by atoms with Crippen molar-refractivity contribution >= 4 is 12.4 Å². The Bertz CT molecular complexity index is 173. The minimum absolute atomic E-state index is 0. The third kappa shape index (κ3) is 2.83. The molecule has 0 unspecified atom stereocenters. The Balaban J connectivity index is 0.00000112. The highest BCUT2D eigenvalue weighted by atomic mass is 35.5. The summed E-state index contributed by atoms with van der Waals surface area (Å²) in [7, 11) is 0. The van der Waals surface area contributed by atoms with Gasteiger partial charge in [0.1, 0.15) is 6.67 Å². The summed E-state index contributed by atoms with van der Waals surface area (Å²) >= 11 is 0. The van der Waals surface area contributed by atoms with Crippen molar-refractivity contribution in [2.45, 2.75) is 37.6 Å². The summed E-state index contributed by atoms with van der Waals surface area (Å²) in [5.74, 6) is 0. The first-order valence-electron chi connectivity index (χ1n) is 5.89. The number of rotatable bonds is 2. The Labute approximate surface area is 98.0 Å². The van der Waals surface area contributed by atoms with Crippen LogP contribution in [0.1, 0.15) is 32.1 Å². The summed E-state index contributed by atoms with van der Waals surface area (Å²) in [6, 6.07) is 0. The fourth-order valence-electron chi connectivity index (χ4n) is 3.04. The van der Waals surface area contributed by atoms with Gasteiger partial charge in [-0.3, -0.25) is 4.90 Å². The Hall–Kier alpha value is 0.140. The summed E-state index contributed by atoms with van der Waals surface area (Å²) in [4.78, 5) is 2.39. The Kier molecular flexibility index (Phi) is 5.30. The molecule has 0 atom stereocenters. The van der Waals surface area contributed by atoms with Crippen molar-refractivity contribution < 1.29 is 4.39 Å². The molecule has 0 radical (unpaired) electrons. The fraction of sp³-hybridized carbons (Fsp3) is 1.00. The topological polar surface area (TPSA) is 15.3 Å². The van der Waals surface area contributed by atoms with Gasteiger partial charge in [-0.05, 0) is 12.8 Å². The number of piperazine rings is 1. The maximum absolute atomic E-state index is 12.5. The molecule has 0 aromatic carbocycles. The Morgan fingerprint density at radius 2 is 1.93 bits per heavy atom. The van der Waals surface area contributed by atoms with Crippen molar-refractivity contribution in [1.82, 2.24) is 10.2 Å². The second-order valence-electron chi connectivity index (χ2n) is 4.64. The minimum atomic E-state index is -0.193. The fourth-order valence-corrected chi connectivity index (χ4v) is 3.04. The highest BCUT2D eigenvalue weighted by molar-refractivity contribution is 5.85. The van der Waals surface area contributed by atoms with Crippen LogP contribution in [0.4, 0.5) is 4.39 Å². The predicted octanol–water partition coefficient (Wildman–Crippen LogP) is 1.99. The first-order valence-corrected chi connectivity index (χ1v) is 5.89. The number of hydrogen-bond donors (Lipinski definition) is 1. The first kappa shape index (κ1) is 13.2. The highest BCUT2D eigenvalue weighted by Crippen LogP contribution is 2.34. The van der Waals surface area contributed by atoms with Gasteiger partial charge in [-0.15, -0.1) is 12.4 Å². The van der Waals surface area contributed by atoms with Gasteiger partial charge < -0.3 is 5.32 Å². The van der Waals surface area contributed by atoms with E-state index in [1.54, 1.807) is 0 Å². The van der Waals surface area contributed by atoms with E-state index in [1.807, 2.05) is 0 Å². The zero-order chi connectivity index (χ0) is 9.86. The van der Waals surface area contributed by atoms with E-state index in [0.717, 1.165) is 19.6 Å². The zero-order valence-corrected chi connectivity index (χ0v) is 10.1. The van der Waals surface area contributed by atoms with Gasteiger partial charge in [0.2, 0.25) is 0 Å². The number of nitrogens with one attached hydrogen (secondary N) is 1. The van der Waals surface area contributed by atoms with Crippen LogP contribution in [0, 0.1) is 0 Å². The molecule has 2 rings (SSSR count). The van der Waals surface area contributed by atoms with Gasteiger partial charge in [0, 0.05) is 31.7 Å². The van der Waals surface area contributed by atoms with E-state index in [4.69, 9.17) is 0 Å². The van der Waals surface area contributed by atoms with Gasteiger partial charge in [-0.1, -0.05) is 19.3 Å². The molecule has 1 saturated carbocycles. The van der Waals surface area contributed by atoms with Crippen LogP contribution in [0.5, 0.6) is 0 Å². The van der Waals surface area contributed by atoms with Gasteiger partial charge >= 0.3 is 0 Å². The smallest absolute Gasteiger partial charge is 0.102 e. The quantitative estimate of drug-likeness (QED) is 0.789. The van der Waals surface area contributed by atoms with Crippen LogP contribution in [-0.2, 0) is 0 Å². The van der Waals surface area contributed by atoms with Gasteiger partial charge in [0.15, 0.2) is 0 Å². The molecule has 0 aromatic rings. The van der Waals surface area contributed by atoms with Crippen molar-refractivity contribution in [3.63, 3.8) is 0 Å². The number of halogens is 2. The number of alkyl halides is 1. The van der Waals surface area contributed by atoms with Crippen LogP contribution in [0.2, 0.25) is 0 Å². The maximum Gasteiger partial charge on any atom is 0.102 e. The molecule has 1 N–H and O–H groups in total. The van der Waals surface area contributed by atoms with Crippen molar-refractivity contribution in [2.75, 3.05) is 32.9 Å². The summed E-state index contributed by atoms with van der Waals surface area (Å²) in [6.45, 7) is 3.59. The Morgan fingerprint density at radius 3 is 2.60 bits per heavy atom. The van der Waals surface area contributed by atoms with Crippen LogP contribution >= 0.6 is 12.4 Å². The van der Waals surface area contributed by atoms with Crippen molar-refractivity contribution in [1.29, 1.82) is 0 Å². The third-order valence-corrected chi connectivity index (χ3v) is 3.82. The van der Waals surface area contributed by atoms with E-state index >= 15 is 0 Å². The van der Waals surface area contributed by atoms with E-state index in [1.165, 1.54) is 32.1 Å². The molecule has 2 fully saturated rings. The lowest BCUT2D eigenvalue weighted by Gasteiger charge is -2.49. The normalized spacial score (nSPS) is 26.2. The second-order valence-corrected chi connectivity index (χ2v) is 4.64. The molecule has 1 aliphatic heterocycles. The number of nitrogens with zero attached hydrogens (tertiary/aromatic N) is 1. The first-order chi connectivity index (χ1) is 6.87. The van der Waals surface area contributed by atoms with Crippen LogP contribution < -0.4 is 5.32 Å². The van der Waals surface area contributed by atoms with Gasteiger partial charge in [-0.25, -0.2) is 4.39 Å².